The molecule has 0 unspecified atom stereocenters. The van der Waals surface area contributed by atoms with Gasteiger partial charge in [-0.15, -0.1) is 0 Å². The molecule has 0 aromatic heterocycles. The number of alkyl carbamates (subject to hydrolysis) is 1. The van der Waals surface area contributed by atoms with Gasteiger partial charge in [-0.2, -0.15) is 0 Å². The highest BCUT2D eigenvalue weighted by atomic mass is 16.5. The first-order chi connectivity index (χ1) is 20.6. The van der Waals surface area contributed by atoms with E-state index in [2.05, 4.69) is 37.5 Å². The SMILES string of the molecule is C[C@H](CNCCCC[C@H](NC(=O)OCc1ccccc1)C(=O)O)[C@H]1CC[C@H]2[C@@H]3CC=C4C[C@@H](O)CC[C@]4(C)[C@H]3CC[C@]12C. The maximum Gasteiger partial charge on any atom is 0.408 e. The predicted octanol–water partition coefficient (Wildman–Crippen LogP) is 6.70. The molecule has 1 amide bonds. The third kappa shape index (κ3) is 6.98. The number of ether oxygens (including phenoxy) is 1. The number of fused-ring (bicyclic) bond motifs is 5. The Balaban J connectivity index is 1.03. The summed E-state index contributed by atoms with van der Waals surface area (Å²) in [7, 11) is 0. The van der Waals surface area contributed by atoms with Crippen LogP contribution in [0.15, 0.2) is 42.0 Å². The van der Waals surface area contributed by atoms with E-state index in [0.717, 1.165) is 74.4 Å². The van der Waals surface area contributed by atoms with Crippen molar-refractivity contribution in [2.24, 2.45) is 40.4 Å². The van der Waals surface area contributed by atoms with Crippen LogP contribution in [0.3, 0.4) is 0 Å². The Bertz CT molecular complexity index is 1140. The largest absolute Gasteiger partial charge is 0.480 e. The second-order valence-corrected chi connectivity index (χ2v) is 14.7. The van der Waals surface area contributed by atoms with Gasteiger partial charge in [0.1, 0.15) is 12.6 Å². The highest BCUT2D eigenvalue weighted by Crippen LogP contribution is 2.67. The quantitative estimate of drug-likeness (QED) is 0.158. The first kappa shape index (κ1) is 32.0. The highest BCUT2D eigenvalue weighted by Gasteiger charge is 2.59. The van der Waals surface area contributed by atoms with Gasteiger partial charge in [0, 0.05) is 0 Å². The van der Waals surface area contributed by atoms with Crippen molar-refractivity contribution in [3.8, 4) is 0 Å². The number of amides is 1. The number of allylic oxidation sites excluding steroid dienone is 1. The normalized spacial score (nSPS) is 34.6. The number of carbonyl (C=O) groups is 2. The van der Waals surface area contributed by atoms with Gasteiger partial charge in [0.2, 0.25) is 0 Å². The molecule has 4 aliphatic carbocycles. The molecule has 4 aliphatic rings. The number of unbranched alkanes of at least 4 members (excludes halogenated alkanes) is 1. The number of hydrogen-bond acceptors (Lipinski definition) is 5. The summed E-state index contributed by atoms with van der Waals surface area (Å²) in [5, 5.41) is 26.1. The zero-order chi connectivity index (χ0) is 30.6. The topological polar surface area (TPSA) is 108 Å². The van der Waals surface area contributed by atoms with Crippen LogP contribution in [0, 0.1) is 40.4 Å². The molecule has 4 N–H and O–H groups in total. The van der Waals surface area contributed by atoms with E-state index in [4.69, 9.17) is 4.74 Å². The van der Waals surface area contributed by atoms with Gasteiger partial charge < -0.3 is 25.6 Å². The molecular weight excluding hydrogens is 540 g/mol. The molecule has 9 atom stereocenters. The number of carboxylic acid groups (broad SMARTS) is 1. The van der Waals surface area contributed by atoms with Crippen LogP contribution in [0.5, 0.6) is 0 Å². The van der Waals surface area contributed by atoms with Crippen LogP contribution in [0.2, 0.25) is 0 Å². The molecule has 0 saturated heterocycles. The molecule has 7 nitrogen and oxygen atoms in total. The maximum absolute atomic E-state index is 12.1. The van der Waals surface area contributed by atoms with Crippen molar-refractivity contribution in [3.05, 3.63) is 47.5 Å². The van der Waals surface area contributed by atoms with Gasteiger partial charge in [0.15, 0.2) is 0 Å². The van der Waals surface area contributed by atoms with E-state index < -0.39 is 18.1 Å². The minimum absolute atomic E-state index is 0.117. The van der Waals surface area contributed by atoms with Gasteiger partial charge >= 0.3 is 12.1 Å². The lowest BCUT2D eigenvalue weighted by atomic mass is 9.47. The van der Waals surface area contributed by atoms with Crippen molar-refractivity contribution in [1.82, 2.24) is 10.6 Å². The lowest BCUT2D eigenvalue weighted by molar-refractivity contribution is -0.139. The summed E-state index contributed by atoms with van der Waals surface area (Å²) in [4.78, 5) is 23.8. The smallest absolute Gasteiger partial charge is 0.408 e. The second-order valence-electron chi connectivity index (χ2n) is 14.7. The van der Waals surface area contributed by atoms with Crippen LogP contribution < -0.4 is 10.6 Å². The summed E-state index contributed by atoms with van der Waals surface area (Å²) in [6.45, 7) is 9.49. The zero-order valence-corrected chi connectivity index (χ0v) is 26.5. The molecule has 0 heterocycles. The molecule has 0 bridgehead atoms. The van der Waals surface area contributed by atoms with Gasteiger partial charge in [-0.25, -0.2) is 9.59 Å². The molecule has 0 radical (unpaired) electrons. The van der Waals surface area contributed by atoms with E-state index in [1.807, 2.05) is 30.3 Å². The zero-order valence-electron chi connectivity index (χ0n) is 26.5. The van der Waals surface area contributed by atoms with Crippen molar-refractivity contribution in [2.45, 2.75) is 110 Å². The summed E-state index contributed by atoms with van der Waals surface area (Å²) < 4.78 is 5.20. The minimum atomic E-state index is -1.03. The molecule has 7 heteroatoms. The first-order valence-corrected chi connectivity index (χ1v) is 16.9. The molecule has 1 aromatic carbocycles. The Morgan fingerprint density at radius 1 is 1.05 bits per heavy atom. The van der Waals surface area contributed by atoms with Gasteiger partial charge in [-0.3, -0.25) is 0 Å². The Kier molecular flexibility index (Phi) is 10.2. The van der Waals surface area contributed by atoms with Crippen LogP contribution in [0.1, 0.15) is 97.0 Å². The molecular formula is C36H54N2O5. The van der Waals surface area contributed by atoms with Crippen molar-refractivity contribution in [1.29, 1.82) is 0 Å². The van der Waals surface area contributed by atoms with Crippen LogP contribution in [-0.2, 0) is 16.1 Å². The number of aliphatic carboxylic acids is 1. The summed E-state index contributed by atoms with van der Waals surface area (Å²) in [5.41, 5.74) is 3.12. The van der Waals surface area contributed by atoms with E-state index in [9.17, 15) is 19.8 Å². The number of hydrogen-bond donors (Lipinski definition) is 4. The summed E-state index contributed by atoms with van der Waals surface area (Å²) in [5.74, 6) is 2.69. The van der Waals surface area contributed by atoms with E-state index in [1.165, 1.54) is 32.1 Å². The third-order valence-corrected chi connectivity index (χ3v) is 12.2. The fraction of sp³-hybridized carbons (Fsp3) is 0.722. The van der Waals surface area contributed by atoms with Gasteiger partial charge in [0.05, 0.1) is 6.10 Å². The number of aliphatic hydroxyl groups is 1. The van der Waals surface area contributed by atoms with Gasteiger partial charge in [-0.05, 0) is 130 Å². The van der Waals surface area contributed by atoms with Crippen LogP contribution in [0.4, 0.5) is 4.79 Å². The fourth-order valence-electron chi connectivity index (χ4n) is 9.85. The molecule has 5 rings (SSSR count). The molecule has 1 aromatic rings. The Hall–Kier alpha value is -2.38. The van der Waals surface area contributed by atoms with E-state index in [-0.39, 0.29) is 12.7 Å². The van der Waals surface area contributed by atoms with Gasteiger partial charge in [-0.1, -0.05) is 62.8 Å². The summed E-state index contributed by atoms with van der Waals surface area (Å²) in [6.07, 6.45) is 13.2. The summed E-state index contributed by atoms with van der Waals surface area (Å²) in [6, 6.07) is 8.41. The number of aliphatic hydroxyl groups excluding tert-OH is 1. The number of benzene rings is 1. The highest BCUT2D eigenvalue weighted by molar-refractivity contribution is 5.79. The number of carboxylic acids is 1. The van der Waals surface area contributed by atoms with Crippen molar-refractivity contribution >= 4 is 12.1 Å². The molecule has 3 saturated carbocycles. The average molecular weight is 595 g/mol. The Morgan fingerprint density at radius 3 is 2.60 bits per heavy atom. The van der Waals surface area contributed by atoms with E-state index in [0.29, 0.717) is 23.2 Å². The Morgan fingerprint density at radius 2 is 1.84 bits per heavy atom. The summed E-state index contributed by atoms with van der Waals surface area (Å²) >= 11 is 0. The molecule has 0 aliphatic heterocycles. The third-order valence-electron chi connectivity index (χ3n) is 12.2. The molecule has 0 spiro atoms. The van der Waals surface area contributed by atoms with Gasteiger partial charge in [0.25, 0.3) is 0 Å². The van der Waals surface area contributed by atoms with E-state index in [1.54, 1.807) is 5.57 Å². The lowest BCUT2D eigenvalue weighted by Gasteiger charge is -2.58. The van der Waals surface area contributed by atoms with Crippen LogP contribution in [0.25, 0.3) is 0 Å². The lowest BCUT2D eigenvalue weighted by Crippen LogP contribution is -2.51. The number of nitrogens with one attached hydrogen (secondary N) is 2. The molecule has 43 heavy (non-hydrogen) atoms. The number of carbonyl (C=O) groups excluding carboxylic acids is 1. The van der Waals surface area contributed by atoms with Crippen molar-refractivity contribution in [3.63, 3.8) is 0 Å². The van der Waals surface area contributed by atoms with Crippen molar-refractivity contribution in [2.75, 3.05) is 13.1 Å². The van der Waals surface area contributed by atoms with Crippen LogP contribution >= 0.6 is 0 Å². The minimum Gasteiger partial charge on any atom is -0.480 e. The first-order valence-electron chi connectivity index (χ1n) is 16.9. The standard InChI is InChI=1S/C36H54N2O5/c1-24(22-37-20-8-7-11-32(33(40)41)38-34(42)43-23-25-9-5-4-6-10-25)29-14-15-30-28-13-12-26-21-27(39)16-18-35(26,2)31(28)17-19-36(29,30)3/h4-6,9-10,12,24,27-32,37,39H,7-8,11,13-23H2,1-3H3,(H,38,42)(H,40,41)/t24-,27+,28+,29-,30+,31+,32+,35+,36-/m1/s1. The average Bonchev–Trinajstić information content (AvgIpc) is 3.35. The van der Waals surface area contributed by atoms with Crippen molar-refractivity contribution < 1.29 is 24.5 Å². The molecule has 238 valence electrons. The Labute approximate surface area is 258 Å². The number of rotatable bonds is 12. The van der Waals surface area contributed by atoms with E-state index >= 15 is 0 Å². The molecule has 3 fully saturated rings. The monoisotopic (exact) mass is 594 g/mol. The predicted molar refractivity (Wildman–Crippen MR) is 168 cm³/mol. The van der Waals surface area contributed by atoms with Crippen LogP contribution in [-0.4, -0.2) is 47.5 Å². The second kappa shape index (κ2) is 13.7. The fourth-order valence-corrected chi connectivity index (χ4v) is 9.85. The maximum atomic E-state index is 12.1.